The lowest BCUT2D eigenvalue weighted by Crippen LogP contribution is -2.38. The summed E-state index contributed by atoms with van der Waals surface area (Å²) in [5.74, 6) is -0.279. The topological polar surface area (TPSA) is 102 Å². The molecule has 2 amide bonds. The van der Waals surface area contributed by atoms with E-state index in [1.807, 2.05) is 13.0 Å². The zero-order chi connectivity index (χ0) is 20.2. The molecule has 150 valence electrons. The predicted octanol–water partition coefficient (Wildman–Crippen LogP) is 0.975. The largest absolute Gasteiger partial charge is 0.372 e. The number of hydrogen-bond acceptors (Lipinski definition) is 6. The van der Waals surface area contributed by atoms with Gasteiger partial charge in [-0.05, 0) is 36.2 Å². The maximum absolute atomic E-state index is 12.5. The van der Waals surface area contributed by atoms with Gasteiger partial charge in [0.25, 0.3) is 5.91 Å². The molecular weight excluding hydrogens is 372 g/mol. The van der Waals surface area contributed by atoms with Crippen molar-refractivity contribution in [1.82, 2.24) is 29.8 Å². The van der Waals surface area contributed by atoms with Crippen molar-refractivity contribution >= 4 is 17.5 Å². The highest BCUT2D eigenvalue weighted by Gasteiger charge is 2.22. The van der Waals surface area contributed by atoms with Crippen molar-refractivity contribution in [2.75, 3.05) is 19.8 Å². The van der Waals surface area contributed by atoms with E-state index in [1.54, 1.807) is 29.4 Å². The monoisotopic (exact) mass is 394 g/mol. The molecule has 9 nitrogen and oxygen atoms in total. The Morgan fingerprint density at radius 3 is 3.03 bits per heavy atom. The molecule has 0 bridgehead atoms. The first-order chi connectivity index (χ1) is 14.2. The molecule has 4 heterocycles. The van der Waals surface area contributed by atoms with Crippen LogP contribution in [0.25, 0.3) is 5.65 Å². The molecule has 9 heteroatoms. The van der Waals surface area contributed by atoms with Crippen molar-refractivity contribution in [3.8, 4) is 0 Å². The van der Waals surface area contributed by atoms with Crippen LogP contribution in [0.3, 0.4) is 0 Å². The van der Waals surface area contributed by atoms with E-state index in [-0.39, 0.29) is 18.4 Å². The van der Waals surface area contributed by atoms with Crippen LogP contribution in [-0.2, 0) is 29.0 Å². The number of rotatable bonds is 6. The number of amides is 2. The van der Waals surface area contributed by atoms with Crippen LogP contribution in [0.4, 0.5) is 0 Å². The SMILES string of the molecule is CCOCC(=O)N1CCc2ncc(CNC(=O)c3cnc4cccnn34)cc2C1. The third-order valence-electron chi connectivity index (χ3n) is 4.84. The summed E-state index contributed by atoms with van der Waals surface area (Å²) >= 11 is 0. The highest BCUT2D eigenvalue weighted by atomic mass is 16.5. The van der Waals surface area contributed by atoms with Crippen LogP contribution >= 0.6 is 0 Å². The van der Waals surface area contributed by atoms with Crippen molar-refractivity contribution in [3.63, 3.8) is 0 Å². The van der Waals surface area contributed by atoms with E-state index in [0.717, 1.165) is 16.8 Å². The zero-order valence-electron chi connectivity index (χ0n) is 16.2. The second-order valence-electron chi connectivity index (χ2n) is 6.77. The third-order valence-corrected chi connectivity index (χ3v) is 4.84. The number of pyridine rings is 1. The molecule has 3 aromatic heterocycles. The molecule has 0 atom stereocenters. The number of aromatic nitrogens is 4. The molecule has 1 aliphatic heterocycles. The maximum Gasteiger partial charge on any atom is 0.271 e. The Bertz CT molecular complexity index is 1050. The molecule has 0 spiro atoms. The van der Waals surface area contributed by atoms with Gasteiger partial charge >= 0.3 is 0 Å². The van der Waals surface area contributed by atoms with E-state index in [1.165, 1.54) is 10.7 Å². The van der Waals surface area contributed by atoms with Crippen molar-refractivity contribution in [1.29, 1.82) is 0 Å². The van der Waals surface area contributed by atoms with E-state index >= 15 is 0 Å². The van der Waals surface area contributed by atoms with Gasteiger partial charge in [0, 0.05) is 50.7 Å². The minimum Gasteiger partial charge on any atom is -0.372 e. The van der Waals surface area contributed by atoms with Crippen molar-refractivity contribution in [3.05, 3.63) is 59.3 Å². The summed E-state index contributed by atoms with van der Waals surface area (Å²) < 4.78 is 6.73. The minimum atomic E-state index is -0.262. The van der Waals surface area contributed by atoms with Gasteiger partial charge in [-0.2, -0.15) is 5.10 Å². The first kappa shape index (κ1) is 19.0. The van der Waals surface area contributed by atoms with Gasteiger partial charge in [-0.3, -0.25) is 14.6 Å². The quantitative estimate of drug-likeness (QED) is 0.669. The fraction of sp³-hybridized carbons (Fsp3) is 0.350. The lowest BCUT2D eigenvalue weighted by Gasteiger charge is -2.28. The standard InChI is InChI=1S/C20H22N6O3/c1-2-29-13-19(27)25-7-5-16-15(12-25)8-14(9-21-16)10-23-20(28)17-11-22-18-4-3-6-24-26(17)18/h3-4,6,8-9,11H,2,5,7,10,12-13H2,1H3,(H,23,28). The van der Waals surface area contributed by atoms with Gasteiger partial charge in [0.2, 0.25) is 5.91 Å². The second-order valence-corrected chi connectivity index (χ2v) is 6.77. The average molecular weight is 394 g/mol. The van der Waals surface area contributed by atoms with E-state index in [4.69, 9.17) is 4.74 Å². The van der Waals surface area contributed by atoms with Crippen LogP contribution in [0, 0.1) is 0 Å². The van der Waals surface area contributed by atoms with Crippen LogP contribution in [-0.4, -0.2) is 56.1 Å². The van der Waals surface area contributed by atoms with E-state index in [2.05, 4.69) is 20.4 Å². The number of carbonyl (C=O) groups excluding carboxylic acids is 2. The van der Waals surface area contributed by atoms with Crippen LogP contribution in [0.5, 0.6) is 0 Å². The molecule has 0 aliphatic carbocycles. The van der Waals surface area contributed by atoms with Gasteiger partial charge < -0.3 is 15.0 Å². The molecule has 4 rings (SSSR count). The van der Waals surface area contributed by atoms with Gasteiger partial charge in [0.05, 0.1) is 6.20 Å². The molecule has 1 N–H and O–H groups in total. The molecule has 3 aromatic rings. The highest BCUT2D eigenvalue weighted by molar-refractivity contribution is 5.93. The van der Waals surface area contributed by atoms with Crippen LogP contribution < -0.4 is 5.32 Å². The molecule has 0 saturated carbocycles. The molecular formula is C20H22N6O3. The second kappa shape index (κ2) is 8.36. The number of imidazole rings is 1. The van der Waals surface area contributed by atoms with Crippen molar-refractivity contribution in [2.45, 2.75) is 26.4 Å². The zero-order valence-corrected chi connectivity index (χ0v) is 16.2. The van der Waals surface area contributed by atoms with Crippen molar-refractivity contribution < 1.29 is 14.3 Å². The third kappa shape index (κ3) is 4.09. The first-order valence-electron chi connectivity index (χ1n) is 9.55. The molecule has 0 saturated heterocycles. The normalized spacial score (nSPS) is 13.3. The van der Waals surface area contributed by atoms with Gasteiger partial charge in [-0.25, -0.2) is 9.50 Å². The van der Waals surface area contributed by atoms with Gasteiger partial charge in [-0.15, -0.1) is 0 Å². The summed E-state index contributed by atoms with van der Waals surface area (Å²) in [6, 6.07) is 5.55. The number of carbonyl (C=O) groups is 2. The number of nitrogens with zero attached hydrogens (tertiary/aromatic N) is 5. The van der Waals surface area contributed by atoms with Gasteiger partial charge in [-0.1, -0.05) is 0 Å². The lowest BCUT2D eigenvalue weighted by atomic mass is 10.0. The summed E-state index contributed by atoms with van der Waals surface area (Å²) in [5, 5.41) is 7.04. The molecule has 1 aliphatic rings. The fourth-order valence-electron chi connectivity index (χ4n) is 3.32. The Kier molecular flexibility index (Phi) is 5.48. The Balaban J connectivity index is 1.42. The summed E-state index contributed by atoms with van der Waals surface area (Å²) in [6.07, 6.45) is 5.60. The summed E-state index contributed by atoms with van der Waals surface area (Å²) in [7, 11) is 0. The van der Waals surface area contributed by atoms with E-state index in [9.17, 15) is 9.59 Å². The number of fused-ring (bicyclic) bond motifs is 2. The number of nitrogens with one attached hydrogen (secondary N) is 1. The van der Waals surface area contributed by atoms with Crippen LogP contribution in [0.2, 0.25) is 0 Å². The number of ether oxygens (including phenoxy) is 1. The summed E-state index contributed by atoms with van der Waals surface area (Å²) in [5.41, 5.74) is 3.86. The van der Waals surface area contributed by atoms with Crippen LogP contribution in [0.1, 0.15) is 34.2 Å². The highest BCUT2D eigenvalue weighted by Crippen LogP contribution is 2.18. The molecule has 0 unspecified atom stereocenters. The molecule has 0 aromatic carbocycles. The molecule has 0 fully saturated rings. The van der Waals surface area contributed by atoms with Gasteiger partial charge in [0.15, 0.2) is 5.65 Å². The Morgan fingerprint density at radius 2 is 2.17 bits per heavy atom. The number of hydrogen-bond donors (Lipinski definition) is 1. The van der Waals surface area contributed by atoms with E-state index < -0.39 is 0 Å². The van der Waals surface area contributed by atoms with Crippen molar-refractivity contribution in [2.24, 2.45) is 0 Å². The van der Waals surface area contributed by atoms with Gasteiger partial charge in [0.1, 0.15) is 12.3 Å². The molecule has 29 heavy (non-hydrogen) atoms. The summed E-state index contributed by atoms with van der Waals surface area (Å²) in [4.78, 5) is 35.2. The lowest BCUT2D eigenvalue weighted by molar-refractivity contribution is -0.136. The average Bonchev–Trinajstić information content (AvgIpc) is 3.19. The van der Waals surface area contributed by atoms with E-state index in [0.29, 0.717) is 44.0 Å². The molecule has 0 radical (unpaired) electrons. The summed E-state index contributed by atoms with van der Waals surface area (Å²) in [6.45, 7) is 3.96. The maximum atomic E-state index is 12.5. The predicted molar refractivity (Wildman–Crippen MR) is 104 cm³/mol. The Hall–Kier alpha value is -3.33. The van der Waals surface area contributed by atoms with Crippen LogP contribution in [0.15, 0.2) is 36.8 Å². The Morgan fingerprint density at radius 1 is 1.28 bits per heavy atom. The smallest absolute Gasteiger partial charge is 0.271 e. The first-order valence-corrected chi connectivity index (χ1v) is 9.55. The Labute approximate surface area is 167 Å². The minimum absolute atomic E-state index is 0.0173. The fourth-order valence-corrected chi connectivity index (χ4v) is 3.32.